The summed E-state index contributed by atoms with van der Waals surface area (Å²) in [7, 11) is -0.534. The van der Waals surface area contributed by atoms with Crippen LogP contribution < -0.4 is 18.7 Å². The van der Waals surface area contributed by atoms with E-state index in [0.29, 0.717) is 37.6 Å². The van der Waals surface area contributed by atoms with Crippen molar-refractivity contribution in [1.82, 2.24) is 4.90 Å². The normalized spacial score (nSPS) is 15.4. The van der Waals surface area contributed by atoms with Crippen LogP contribution in [0.4, 0.5) is 11.4 Å². The molecule has 9 heteroatoms. The highest BCUT2D eigenvalue weighted by Gasteiger charge is 2.33. The Morgan fingerprint density at radius 3 is 2.29 bits per heavy atom. The van der Waals surface area contributed by atoms with Gasteiger partial charge in [-0.25, -0.2) is 8.42 Å². The molecule has 0 spiro atoms. The minimum absolute atomic E-state index is 0.229. The lowest BCUT2D eigenvalue weighted by Gasteiger charge is -2.39. The first-order valence-electron chi connectivity index (χ1n) is 10.1. The third-order valence-electron chi connectivity index (χ3n) is 5.39. The first-order valence-corrected chi connectivity index (χ1v) is 11.9. The van der Waals surface area contributed by atoms with E-state index >= 15 is 0 Å². The van der Waals surface area contributed by atoms with Crippen molar-refractivity contribution in [2.75, 3.05) is 55.9 Å². The Balaban J connectivity index is 1.75. The Morgan fingerprint density at radius 1 is 1.00 bits per heavy atom. The molecule has 1 fully saturated rings. The van der Waals surface area contributed by atoms with Crippen LogP contribution in [0, 0.1) is 0 Å². The summed E-state index contributed by atoms with van der Waals surface area (Å²) in [6.07, 6.45) is 1.11. The number of amides is 1. The third-order valence-corrected chi connectivity index (χ3v) is 6.63. The summed E-state index contributed by atoms with van der Waals surface area (Å²) in [5.41, 5.74) is 1.38. The van der Waals surface area contributed by atoms with Crippen molar-refractivity contribution in [3.05, 3.63) is 48.5 Å². The van der Waals surface area contributed by atoms with Gasteiger partial charge in [0.15, 0.2) is 0 Å². The van der Waals surface area contributed by atoms with Crippen LogP contribution in [0.2, 0.25) is 0 Å². The molecule has 0 aliphatic carbocycles. The van der Waals surface area contributed by atoms with E-state index in [2.05, 4.69) is 4.90 Å². The van der Waals surface area contributed by atoms with Crippen LogP contribution in [0.5, 0.6) is 11.5 Å². The van der Waals surface area contributed by atoms with Gasteiger partial charge >= 0.3 is 0 Å². The maximum absolute atomic E-state index is 13.2. The number of piperazine rings is 1. The third kappa shape index (κ3) is 5.04. The highest BCUT2D eigenvalue weighted by Crippen LogP contribution is 2.29. The van der Waals surface area contributed by atoms with Crippen molar-refractivity contribution < 1.29 is 22.7 Å². The van der Waals surface area contributed by atoms with Crippen LogP contribution >= 0.6 is 0 Å². The van der Waals surface area contributed by atoms with Gasteiger partial charge in [-0.05, 0) is 31.2 Å². The fourth-order valence-corrected chi connectivity index (χ4v) is 5.03. The van der Waals surface area contributed by atoms with Gasteiger partial charge in [-0.2, -0.15) is 0 Å². The Hall–Kier alpha value is -2.94. The number of rotatable bonds is 7. The van der Waals surface area contributed by atoms with Crippen LogP contribution in [0.25, 0.3) is 0 Å². The van der Waals surface area contributed by atoms with Gasteiger partial charge in [-0.15, -0.1) is 0 Å². The molecule has 1 aliphatic rings. The number of hydrogen-bond acceptors (Lipinski definition) is 6. The zero-order valence-corrected chi connectivity index (χ0v) is 19.1. The predicted molar refractivity (Wildman–Crippen MR) is 122 cm³/mol. The summed E-state index contributed by atoms with van der Waals surface area (Å²) < 4.78 is 36.9. The number of sulfonamides is 1. The first-order chi connectivity index (χ1) is 14.8. The topological polar surface area (TPSA) is 79.4 Å². The Bertz CT molecular complexity index is 1020. The number of carbonyl (C=O) groups excluding carboxylic acids is 1. The zero-order chi connectivity index (χ0) is 22.6. The number of methoxy groups -OCH3 is 2. The Morgan fingerprint density at radius 2 is 1.68 bits per heavy atom. The summed E-state index contributed by atoms with van der Waals surface area (Å²) in [4.78, 5) is 17.1. The van der Waals surface area contributed by atoms with E-state index in [4.69, 9.17) is 9.47 Å². The van der Waals surface area contributed by atoms with Gasteiger partial charge < -0.3 is 19.3 Å². The monoisotopic (exact) mass is 447 g/mol. The lowest BCUT2D eigenvalue weighted by Crippen LogP contribution is -2.55. The van der Waals surface area contributed by atoms with Gasteiger partial charge in [0, 0.05) is 32.2 Å². The first kappa shape index (κ1) is 22.7. The van der Waals surface area contributed by atoms with E-state index in [-0.39, 0.29) is 5.91 Å². The van der Waals surface area contributed by atoms with Crippen LogP contribution in [-0.4, -0.2) is 71.9 Å². The number of carbonyl (C=O) groups is 1. The van der Waals surface area contributed by atoms with Gasteiger partial charge in [-0.3, -0.25) is 9.10 Å². The molecule has 0 aromatic heterocycles. The van der Waals surface area contributed by atoms with Gasteiger partial charge in [0.25, 0.3) is 0 Å². The second-order valence-corrected chi connectivity index (χ2v) is 9.28. The van der Waals surface area contributed by atoms with Gasteiger partial charge in [0.2, 0.25) is 15.9 Å². The van der Waals surface area contributed by atoms with E-state index < -0.39 is 16.1 Å². The molecule has 8 nitrogen and oxygen atoms in total. The highest BCUT2D eigenvalue weighted by atomic mass is 32.2. The number of benzene rings is 2. The zero-order valence-electron chi connectivity index (χ0n) is 18.3. The fraction of sp³-hybridized carbons (Fsp3) is 0.409. The second-order valence-electron chi connectivity index (χ2n) is 7.42. The van der Waals surface area contributed by atoms with Crippen LogP contribution in [-0.2, 0) is 14.8 Å². The summed E-state index contributed by atoms with van der Waals surface area (Å²) in [6.45, 7) is 3.89. The molecule has 2 aromatic carbocycles. The largest absolute Gasteiger partial charge is 0.497 e. The molecule has 1 aliphatic heterocycles. The van der Waals surface area contributed by atoms with E-state index in [1.54, 1.807) is 43.2 Å². The molecule has 0 N–H and O–H groups in total. The van der Waals surface area contributed by atoms with Crippen LogP contribution in [0.15, 0.2) is 48.5 Å². The van der Waals surface area contributed by atoms with Crippen molar-refractivity contribution in [3.8, 4) is 11.5 Å². The van der Waals surface area contributed by atoms with Crippen molar-refractivity contribution in [3.63, 3.8) is 0 Å². The van der Waals surface area contributed by atoms with Crippen molar-refractivity contribution in [1.29, 1.82) is 0 Å². The summed E-state index contributed by atoms with van der Waals surface area (Å²) in [5, 5.41) is 0. The molecule has 0 unspecified atom stereocenters. The molecule has 2 aromatic rings. The molecule has 0 saturated carbocycles. The van der Waals surface area contributed by atoms with Crippen molar-refractivity contribution in [2.24, 2.45) is 0 Å². The average molecular weight is 448 g/mol. The summed E-state index contributed by atoms with van der Waals surface area (Å²) in [6, 6.07) is 13.6. The van der Waals surface area contributed by atoms with Crippen molar-refractivity contribution >= 4 is 27.3 Å². The number of ether oxygens (including phenoxy) is 2. The second kappa shape index (κ2) is 9.47. The van der Waals surface area contributed by atoms with E-state index in [0.717, 1.165) is 22.0 Å². The molecule has 1 amide bonds. The van der Waals surface area contributed by atoms with Crippen LogP contribution in [0.3, 0.4) is 0 Å². The van der Waals surface area contributed by atoms with Gasteiger partial charge in [0.1, 0.15) is 17.5 Å². The SMILES string of the molecule is COc1cccc(N([C@H](C)C(=O)N2CCN(c3ccccc3OC)CC2)S(C)(=O)=O)c1. The lowest BCUT2D eigenvalue weighted by molar-refractivity contribution is -0.132. The van der Waals surface area contributed by atoms with Gasteiger partial charge in [-0.1, -0.05) is 18.2 Å². The molecule has 1 saturated heterocycles. The molecule has 3 rings (SSSR count). The fourth-order valence-electron chi connectivity index (χ4n) is 3.87. The molecule has 0 radical (unpaired) electrons. The molecule has 1 heterocycles. The number of nitrogens with zero attached hydrogens (tertiary/aromatic N) is 3. The predicted octanol–water partition coefficient (Wildman–Crippen LogP) is 2.21. The average Bonchev–Trinajstić information content (AvgIpc) is 2.78. The molecule has 0 bridgehead atoms. The minimum atomic E-state index is -3.69. The molecular weight excluding hydrogens is 418 g/mol. The smallest absolute Gasteiger partial charge is 0.246 e. The molecule has 1 atom stereocenters. The maximum Gasteiger partial charge on any atom is 0.246 e. The molecular formula is C22H29N3O5S. The minimum Gasteiger partial charge on any atom is -0.497 e. The van der Waals surface area contributed by atoms with E-state index in [1.165, 1.54) is 7.11 Å². The standard InChI is InChI=1S/C22H29N3O5S/c1-17(25(31(4,27)28)18-8-7-9-19(16-18)29-2)22(26)24-14-12-23(13-15-24)20-10-5-6-11-21(20)30-3/h5-11,16-17H,12-15H2,1-4H3/t17-/m1/s1. The Labute approximate surface area is 184 Å². The Kier molecular flexibility index (Phi) is 6.94. The lowest BCUT2D eigenvalue weighted by atomic mass is 10.2. The van der Waals surface area contributed by atoms with E-state index in [9.17, 15) is 13.2 Å². The quantitative estimate of drug-likeness (QED) is 0.648. The van der Waals surface area contributed by atoms with Crippen molar-refractivity contribution in [2.45, 2.75) is 13.0 Å². The highest BCUT2D eigenvalue weighted by molar-refractivity contribution is 7.92. The maximum atomic E-state index is 13.2. The van der Waals surface area contributed by atoms with E-state index in [1.807, 2.05) is 24.3 Å². The number of anilines is 2. The van der Waals surface area contributed by atoms with Gasteiger partial charge in [0.05, 0.1) is 31.9 Å². The summed E-state index contributed by atoms with van der Waals surface area (Å²) in [5.74, 6) is 1.08. The number of hydrogen-bond donors (Lipinski definition) is 0. The summed E-state index contributed by atoms with van der Waals surface area (Å²) >= 11 is 0. The number of para-hydroxylation sites is 2. The molecule has 31 heavy (non-hydrogen) atoms. The molecule has 168 valence electrons. The van der Waals surface area contributed by atoms with Crippen LogP contribution in [0.1, 0.15) is 6.92 Å².